The molecule has 0 spiro atoms. The van der Waals surface area contributed by atoms with E-state index >= 15 is 0 Å². The normalized spacial score (nSPS) is 12.6. The van der Waals surface area contributed by atoms with Gasteiger partial charge in [0.05, 0.1) is 0 Å². The third kappa shape index (κ3) is 4.27. The molecule has 1 aromatic carbocycles. The fourth-order valence-electron chi connectivity index (χ4n) is 2.09. The topological polar surface area (TPSA) is 0 Å². The minimum Gasteiger partial charge on any atom is -0.105 e. The summed E-state index contributed by atoms with van der Waals surface area (Å²) in [5.41, 5.74) is 4.17. The SMILES string of the molecule is C=C/C(CC)=C(\C=C/C)CCc1ccccc1P. The second kappa shape index (κ2) is 8.06. The average Bonchev–Trinajstić information content (AvgIpc) is 2.39. The van der Waals surface area contributed by atoms with Crippen molar-refractivity contribution in [2.24, 2.45) is 0 Å². The molecule has 0 saturated heterocycles. The van der Waals surface area contributed by atoms with Crippen LogP contribution < -0.4 is 5.30 Å². The summed E-state index contributed by atoms with van der Waals surface area (Å²) in [5.74, 6) is 0. The number of benzene rings is 1. The van der Waals surface area contributed by atoms with Gasteiger partial charge in [-0.2, -0.15) is 0 Å². The van der Waals surface area contributed by atoms with E-state index in [1.165, 1.54) is 22.0 Å². The van der Waals surface area contributed by atoms with E-state index in [1.54, 1.807) is 0 Å². The van der Waals surface area contributed by atoms with Crippen LogP contribution in [-0.4, -0.2) is 0 Å². The van der Waals surface area contributed by atoms with Crippen LogP contribution >= 0.6 is 9.24 Å². The summed E-state index contributed by atoms with van der Waals surface area (Å²) in [6.07, 6.45) is 9.52. The molecule has 18 heavy (non-hydrogen) atoms. The molecule has 0 heterocycles. The Kier molecular flexibility index (Phi) is 6.68. The van der Waals surface area contributed by atoms with Gasteiger partial charge in [0.25, 0.3) is 0 Å². The molecular formula is C17H23P. The number of allylic oxidation sites excluding steroid dienone is 5. The Morgan fingerprint density at radius 1 is 1.28 bits per heavy atom. The summed E-state index contributed by atoms with van der Waals surface area (Å²) in [7, 11) is 2.81. The van der Waals surface area contributed by atoms with Gasteiger partial charge in [0, 0.05) is 0 Å². The molecule has 0 aliphatic carbocycles. The van der Waals surface area contributed by atoms with Crippen molar-refractivity contribution in [3.8, 4) is 0 Å². The standard InChI is InChI=1S/C17H23P/c1-4-9-15(14(5-2)6-3)12-13-16-10-7-8-11-17(16)18/h4-5,7-11H,2,6,12-13,18H2,1,3H3/b9-4-,15-14-. The molecule has 1 aromatic rings. The highest BCUT2D eigenvalue weighted by Crippen LogP contribution is 2.18. The van der Waals surface area contributed by atoms with E-state index in [0.29, 0.717) is 0 Å². The predicted molar refractivity (Wildman–Crippen MR) is 86.4 cm³/mol. The maximum atomic E-state index is 3.91. The molecule has 0 aliphatic rings. The number of aryl methyl sites for hydroxylation is 1. The van der Waals surface area contributed by atoms with Crippen molar-refractivity contribution < 1.29 is 0 Å². The lowest BCUT2D eigenvalue weighted by Gasteiger charge is -2.09. The first-order valence-corrected chi connectivity index (χ1v) is 7.11. The fourth-order valence-corrected chi connectivity index (χ4v) is 2.44. The third-order valence-corrected chi connectivity index (χ3v) is 3.69. The van der Waals surface area contributed by atoms with E-state index in [1.807, 2.05) is 6.08 Å². The van der Waals surface area contributed by atoms with Gasteiger partial charge in [-0.3, -0.25) is 0 Å². The van der Waals surface area contributed by atoms with Crippen molar-refractivity contribution in [1.29, 1.82) is 0 Å². The molecule has 1 atom stereocenters. The summed E-state index contributed by atoms with van der Waals surface area (Å²) in [4.78, 5) is 0. The van der Waals surface area contributed by atoms with Crippen molar-refractivity contribution in [3.63, 3.8) is 0 Å². The molecular weight excluding hydrogens is 235 g/mol. The Labute approximate surface area is 114 Å². The monoisotopic (exact) mass is 258 g/mol. The van der Waals surface area contributed by atoms with Crippen molar-refractivity contribution in [1.82, 2.24) is 0 Å². The van der Waals surface area contributed by atoms with Crippen LogP contribution in [0.25, 0.3) is 0 Å². The van der Waals surface area contributed by atoms with Gasteiger partial charge in [-0.15, -0.1) is 9.24 Å². The third-order valence-electron chi connectivity index (χ3n) is 3.13. The van der Waals surface area contributed by atoms with Crippen LogP contribution in [0.4, 0.5) is 0 Å². The van der Waals surface area contributed by atoms with E-state index in [-0.39, 0.29) is 0 Å². The van der Waals surface area contributed by atoms with E-state index in [2.05, 4.69) is 66.1 Å². The molecule has 1 heteroatoms. The summed E-state index contributed by atoms with van der Waals surface area (Å²) in [6, 6.07) is 8.54. The van der Waals surface area contributed by atoms with Crippen molar-refractivity contribution >= 4 is 14.5 Å². The van der Waals surface area contributed by atoms with Gasteiger partial charge in [0.2, 0.25) is 0 Å². The van der Waals surface area contributed by atoms with Crippen LogP contribution in [0, 0.1) is 0 Å². The van der Waals surface area contributed by atoms with Crippen LogP contribution in [0.2, 0.25) is 0 Å². The van der Waals surface area contributed by atoms with Crippen LogP contribution in [0.3, 0.4) is 0 Å². The van der Waals surface area contributed by atoms with E-state index in [9.17, 15) is 0 Å². The average molecular weight is 258 g/mol. The minimum atomic E-state index is 1.05. The zero-order valence-electron chi connectivity index (χ0n) is 11.4. The summed E-state index contributed by atoms with van der Waals surface area (Å²) < 4.78 is 0. The number of rotatable bonds is 6. The molecule has 0 amide bonds. The Balaban J connectivity index is 2.84. The van der Waals surface area contributed by atoms with Crippen LogP contribution in [0.15, 0.2) is 60.2 Å². The quantitative estimate of drug-likeness (QED) is 0.517. The molecule has 1 rings (SSSR count). The second-order valence-corrected chi connectivity index (χ2v) is 4.93. The van der Waals surface area contributed by atoms with E-state index in [4.69, 9.17) is 0 Å². The van der Waals surface area contributed by atoms with Crippen LogP contribution in [-0.2, 0) is 6.42 Å². The zero-order chi connectivity index (χ0) is 13.4. The first kappa shape index (κ1) is 14.9. The highest BCUT2D eigenvalue weighted by Gasteiger charge is 2.02. The highest BCUT2D eigenvalue weighted by molar-refractivity contribution is 7.27. The number of hydrogen-bond donors (Lipinski definition) is 0. The summed E-state index contributed by atoms with van der Waals surface area (Å²) >= 11 is 0. The lowest BCUT2D eigenvalue weighted by Crippen LogP contribution is -2.01. The lowest BCUT2D eigenvalue weighted by atomic mass is 9.98. The predicted octanol–water partition coefficient (Wildman–Crippen LogP) is 4.59. The van der Waals surface area contributed by atoms with Crippen LogP contribution in [0.5, 0.6) is 0 Å². The Morgan fingerprint density at radius 3 is 2.56 bits per heavy atom. The van der Waals surface area contributed by atoms with Gasteiger partial charge in [-0.25, -0.2) is 0 Å². The smallest absolute Gasteiger partial charge is 0.0232 e. The molecule has 1 unspecified atom stereocenters. The second-order valence-electron chi connectivity index (χ2n) is 4.31. The van der Waals surface area contributed by atoms with Gasteiger partial charge in [0.15, 0.2) is 0 Å². The molecule has 0 aliphatic heterocycles. The molecule has 0 fully saturated rings. The first-order valence-electron chi connectivity index (χ1n) is 6.53. The summed E-state index contributed by atoms with van der Waals surface area (Å²) in [6.45, 7) is 8.17. The Hall–Kier alpha value is -1.13. The molecule has 0 bridgehead atoms. The minimum absolute atomic E-state index is 1.05. The van der Waals surface area contributed by atoms with Gasteiger partial charge < -0.3 is 0 Å². The molecule has 0 N–H and O–H groups in total. The Bertz CT molecular complexity index is 452. The highest BCUT2D eigenvalue weighted by atomic mass is 31.0. The van der Waals surface area contributed by atoms with Crippen molar-refractivity contribution in [2.75, 3.05) is 0 Å². The molecule has 0 radical (unpaired) electrons. The fraction of sp³-hybridized carbons (Fsp3) is 0.294. The van der Waals surface area contributed by atoms with Crippen molar-refractivity contribution in [2.45, 2.75) is 33.1 Å². The number of hydrogen-bond acceptors (Lipinski definition) is 0. The van der Waals surface area contributed by atoms with Crippen LogP contribution in [0.1, 0.15) is 32.3 Å². The van der Waals surface area contributed by atoms with Gasteiger partial charge in [0.1, 0.15) is 0 Å². The molecule has 0 aromatic heterocycles. The lowest BCUT2D eigenvalue weighted by molar-refractivity contribution is 0.943. The van der Waals surface area contributed by atoms with E-state index < -0.39 is 0 Å². The maximum absolute atomic E-state index is 3.91. The first-order chi connectivity index (χ1) is 8.72. The van der Waals surface area contributed by atoms with Gasteiger partial charge in [-0.05, 0) is 48.2 Å². The molecule has 0 saturated carbocycles. The molecule has 96 valence electrons. The van der Waals surface area contributed by atoms with Gasteiger partial charge >= 0.3 is 0 Å². The van der Waals surface area contributed by atoms with E-state index in [0.717, 1.165) is 19.3 Å². The maximum Gasteiger partial charge on any atom is -0.0232 e. The zero-order valence-corrected chi connectivity index (χ0v) is 12.6. The van der Waals surface area contributed by atoms with Crippen molar-refractivity contribution in [3.05, 3.63) is 65.8 Å². The Morgan fingerprint density at radius 2 is 2.00 bits per heavy atom. The molecule has 0 nitrogen and oxygen atoms in total. The summed E-state index contributed by atoms with van der Waals surface area (Å²) in [5, 5.41) is 1.30. The van der Waals surface area contributed by atoms with Gasteiger partial charge in [-0.1, -0.05) is 56.0 Å². The largest absolute Gasteiger partial charge is 0.105 e.